The predicted molar refractivity (Wildman–Crippen MR) is 199 cm³/mol. The fraction of sp³-hybridized carbons (Fsp3) is 0.692. The van der Waals surface area contributed by atoms with E-state index in [1.807, 2.05) is 0 Å². The summed E-state index contributed by atoms with van der Waals surface area (Å²) in [4.78, 5) is 0. The molecule has 0 amide bonds. The highest BCUT2D eigenvalue weighted by atomic mass is 16.8. The minimum Gasteiger partial charge on any atom is -0.493 e. The van der Waals surface area contributed by atoms with Crippen LogP contribution in [0.25, 0.3) is 0 Å². The average Bonchev–Trinajstić information content (AvgIpc) is 3.97. The number of fused-ring (bicyclic) bond motifs is 1. The molecule has 0 bridgehead atoms. The smallest absolute Gasteiger partial charge is 0.230 e. The average molecular weight is 875 g/mol. The quantitative estimate of drug-likeness (QED) is 0.0835. The zero-order chi connectivity index (χ0) is 43.9. The van der Waals surface area contributed by atoms with E-state index < -0.39 is 118 Å². The van der Waals surface area contributed by atoms with Gasteiger partial charge < -0.3 is 108 Å². The second-order valence-electron chi connectivity index (χ2n) is 15.5. The molecule has 2 aromatic carbocycles. The highest BCUT2D eigenvalue weighted by molar-refractivity contribution is 5.56. The van der Waals surface area contributed by atoms with E-state index in [9.17, 15) is 51.1 Å². The summed E-state index contributed by atoms with van der Waals surface area (Å²) in [5.74, 6) is 0.269. The van der Waals surface area contributed by atoms with Gasteiger partial charge in [0.15, 0.2) is 35.4 Å². The van der Waals surface area contributed by atoms with Crippen molar-refractivity contribution in [2.24, 2.45) is 11.8 Å². The summed E-state index contributed by atoms with van der Waals surface area (Å²) in [6, 6.07) is 6.67. The molecule has 10 N–H and O–H groups in total. The lowest BCUT2D eigenvalue weighted by Gasteiger charge is -2.42. The van der Waals surface area contributed by atoms with Gasteiger partial charge in [0.25, 0.3) is 0 Å². The summed E-state index contributed by atoms with van der Waals surface area (Å²) >= 11 is 0. The monoisotopic (exact) mass is 874 g/mol. The van der Waals surface area contributed by atoms with Gasteiger partial charge in [0.1, 0.15) is 54.4 Å². The van der Waals surface area contributed by atoms with Crippen molar-refractivity contribution < 1.29 is 108 Å². The van der Waals surface area contributed by atoms with Crippen LogP contribution in [0.1, 0.15) is 23.3 Å². The molecule has 22 nitrogen and oxygen atoms in total. The molecule has 7 rings (SSSR count). The molecule has 342 valence electrons. The van der Waals surface area contributed by atoms with Gasteiger partial charge in [-0.15, -0.1) is 0 Å². The lowest BCUT2D eigenvalue weighted by Crippen LogP contribution is -2.62. The molecule has 22 heteroatoms. The van der Waals surface area contributed by atoms with Crippen molar-refractivity contribution in [2.75, 3.05) is 68.1 Å². The molecular formula is C39H54O22. The standard InChI is InChI=1S/C39H54O22/c1-50-19-5-15(6-20(51-2)32(19)59-36-29(47)27(45)25(43)23(9-40)57-36)30-17-11-55-31(18(17)12-54-30)16-7-21(52-3)33(22(8-16)53-4)60-37-34(28(46)26(44)24(10-41)58-37)61-38-35(48)39(49,13-42)14-56-38/h5-8,17-18,23-31,34-38,40-49H,9-14H2,1-4H3/t17-,18+,23+,24+,25+,26+,27+,28-,29+,30+,31+,34+,35-,36-,37-,38+,39+/m1/s1. The number of benzene rings is 2. The van der Waals surface area contributed by atoms with Gasteiger partial charge in [-0.1, -0.05) is 0 Å². The van der Waals surface area contributed by atoms with Crippen LogP contribution in [0.15, 0.2) is 24.3 Å². The van der Waals surface area contributed by atoms with Crippen molar-refractivity contribution in [1.82, 2.24) is 0 Å². The van der Waals surface area contributed by atoms with E-state index in [2.05, 4.69) is 0 Å². The van der Waals surface area contributed by atoms with Gasteiger partial charge in [0.05, 0.1) is 80.3 Å². The maximum absolute atomic E-state index is 11.1. The Hall–Kier alpha value is -3.40. The third-order valence-corrected chi connectivity index (χ3v) is 11.9. The first kappa shape index (κ1) is 45.6. The predicted octanol–water partition coefficient (Wildman–Crippen LogP) is -3.38. The summed E-state index contributed by atoms with van der Waals surface area (Å²) in [5.41, 5.74) is -0.774. The number of aliphatic hydroxyl groups is 10. The van der Waals surface area contributed by atoms with Crippen molar-refractivity contribution in [2.45, 2.75) is 91.6 Å². The van der Waals surface area contributed by atoms with Crippen molar-refractivity contribution in [3.8, 4) is 34.5 Å². The molecule has 5 aliphatic heterocycles. The molecule has 0 aliphatic carbocycles. The van der Waals surface area contributed by atoms with E-state index >= 15 is 0 Å². The van der Waals surface area contributed by atoms with Gasteiger partial charge in [-0.05, 0) is 35.4 Å². The Balaban J connectivity index is 1.11. The van der Waals surface area contributed by atoms with Crippen LogP contribution in [0.5, 0.6) is 34.5 Å². The SMILES string of the molecule is COc1cc([C@@H]2OC[C@H]3[C@H]2CO[C@H]3c2cc(OC)c(O[C@H]3O[C@@H](CO)[C@H](O)[C@@H](O)[C@@H]3O[C@@H]3OC[C@@](O)(CO)[C@@H]3O)c(OC)c2)cc(OC)c1O[C@H]1O[C@@H](CO)[C@H](O)[C@H](O)[C@@H]1O. The molecule has 0 spiro atoms. The number of aliphatic hydroxyl groups excluding tert-OH is 9. The Morgan fingerprint density at radius 3 is 1.44 bits per heavy atom. The normalized spacial score (nSPS) is 39.8. The molecule has 5 saturated heterocycles. The van der Waals surface area contributed by atoms with E-state index in [-0.39, 0.29) is 59.5 Å². The van der Waals surface area contributed by atoms with Crippen LogP contribution in [-0.2, 0) is 28.4 Å². The first-order chi connectivity index (χ1) is 29.2. The number of ether oxygens (including phenoxy) is 12. The van der Waals surface area contributed by atoms with Crippen LogP contribution in [0.3, 0.4) is 0 Å². The number of hydrogen-bond acceptors (Lipinski definition) is 22. The maximum atomic E-state index is 11.1. The number of rotatable bonds is 15. The summed E-state index contributed by atoms with van der Waals surface area (Å²) in [5, 5.41) is 103. The molecule has 0 aromatic heterocycles. The summed E-state index contributed by atoms with van der Waals surface area (Å²) < 4.78 is 70.1. The summed E-state index contributed by atoms with van der Waals surface area (Å²) in [6.07, 6.45) is -19.9. The Morgan fingerprint density at radius 1 is 0.574 bits per heavy atom. The van der Waals surface area contributed by atoms with Crippen molar-refractivity contribution in [3.05, 3.63) is 35.4 Å². The first-order valence-corrected chi connectivity index (χ1v) is 19.6. The van der Waals surface area contributed by atoms with Crippen LogP contribution in [-0.4, -0.2) is 199 Å². The third-order valence-electron chi connectivity index (χ3n) is 11.9. The van der Waals surface area contributed by atoms with Crippen LogP contribution in [0.4, 0.5) is 0 Å². The van der Waals surface area contributed by atoms with Gasteiger partial charge >= 0.3 is 0 Å². The molecule has 0 radical (unpaired) electrons. The Labute approximate surface area is 349 Å². The van der Waals surface area contributed by atoms with Crippen LogP contribution < -0.4 is 28.4 Å². The highest BCUT2D eigenvalue weighted by Gasteiger charge is 2.54. The van der Waals surface area contributed by atoms with Crippen LogP contribution in [0, 0.1) is 11.8 Å². The molecule has 0 unspecified atom stereocenters. The number of methoxy groups -OCH3 is 4. The zero-order valence-electron chi connectivity index (χ0n) is 33.7. The van der Waals surface area contributed by atoms with E-state index in [0.717, 1.165) is 0 Å². The van der Waals surface area contributed by atoms with Crippen molar-refractivity contribution >= 4 is 0 Å². The minimum absolute atomic E-state index is 0.0207. The van der Waals surface area contributed by atoms with Gasteiger partial charge in [-0.25, -0.2) is 0 Å². The largest absolute Gasteiger partial charge is 0.493 e. The lowest BCUT2D eigenvalue weighted by atomic mass is 9.84. The van der Waals surface area contributed by atoms with Crippen LogP contribution >= 0.6 is 0 Å². The van der Waals surface area contributed by atoms with E-state index in [4.69, 9.17) is 56.8 Å². The van der Waals surface area contributed by atoms with Gasteiger partial charge in [-0.3, -0.25) is 0 Å². The second-order valence-corrected chi connectivity index (χ2v) is 15.5. The molecule has 5 fully saturated rings. The van der Waals surface area contributed by atoms with Gasteiger partial charge in [-0.2, -0.15) is 0 Å². The topological polar surface area (TPSA) is 313 Å². The second kappa shape index (κ2) is 18.8. The fourth-order valence-electron chi connectivity index (χ4n) is 8.35. The maximum Gasteiger partial charge on any atom is 0.230 e. The lowest BCUT2D eigenvalue weighted by molar-refractivity contribution is -0.319. The molecule has 5 aliphatic rings. The molecule has 2 aromatic rings. The highest BCUT2D eigenvalue weighted by Crippen LogP contribution is 2.54. The molecule has 5 heterocycles. The van der Waals surface area contributed by atoms with E-state index in [0.29, 0.717) is 11.1 Å². The van der Waals surface area contributed by atoms with Gasteiger partial charge in [0.2, 0.25) is 24.1 Å². The minimum atomic E-state index is -2.05. The molecule has 61 heavy (non-hydrogen) atoms. The third kappa shape index (κ3) is 8.42. The summed E-state index contributed by atoms with van der Waals surface area (Å²) in [6.45, 7) is -2.16. The Kier molecular flexibility index (Phi) is 14.0. The van der Waals surface area contributed by atoms with E-state index in [1.165, 1.54) is 28.4 Å². The fourth-order valence-corrected chi connectivity index (χ4v) is 8.35. The molecular weight excluding hydrogens is 820 g/mol. The summed E-state index contributed by atoms with van der Waals surface area (Å²) in [7, 11) is 5.56. The van der Waals surface area contributed by atoms with Crippen molar-refractivity contribution in [3.63, 3.8) is 0 Å². The van der Waals surface area contributed by atoms with Crippen molar-refractivity contribution in [1.29, 1.82) is 0 Å². The molecule has 0 saturated carbocycles. The van der Waals surface area contributed by atoms with E-state index in [1.54, 1.807) is 24.3 Å². The Bertz CT molecular complexity index is 1750. The Morgan fingerprint density at radius 2 is 1.02 bits per heavy atom. The van der Waals surface area contributed by atoms with Gasteiger partial charge in [0, 0.05) is 11.8 Å². The first-order valence-electron chi connectivity index (χ1n) is 19.6. The van der Waals surface area contributed by atoms with Crippen LogP contribution in [0.2, 0.25) is 0 Å². The molecule has 17 atom stereocenters. The number of hydrogen-bond donors (Lipinski definition) is 10. The zero-order valence-corrected chi connectivity index (χ0v) is 33.7.